The Bertz CT molecular complexity index is 898. The predicted octanol–water partition coefficient (Wildman–Crippen LogP) is 6.33. The van der Waals surface area contributed by atoms with Crippen LogP contribution in [0.5, 0.6) is 0 Å². The predicted molar refractivity (Wildman–Crippen MR) is 91.7 cm³/mol. The van der Waals surface area contributed by atoms with Crippen LogP contribution in [0.25, 0.3) is 10.4 Å². The second-order valence-electron chi connectivity index (χ2n) is 5.64. The minimum Gasteiger partial charge on any atom is -0.331 e. The summed E-state index contributed by atoms with van der Waals surface area (Å²) in [6, 6.07) is 10.5. The molecule has 1 heterocycles. The third-order valence-corrected chi connectivity index (χ3v) is 4.65. The zero-order valence-corrected chi connectivity index (χ0v) is 14.2. The van der Waals surface area contributed by atoms with E-state index < -0.39 is 17.7 Å². The number of halogens is 4. The van der Waals surface area contributed by atoms with Crippen molar-refractivity contribution >= 4 is 22.2 Å². The fraction of sp³-hybridized carbons (Fsp3) is 0.167. The van der Waals surface area contributed by atoms with Gasteiger partial charge in [-0.15, -0.1) is 0 Å². The van der Waals surface area contributed by atoms with Crippen LogP contribution in [0.3, 0.4) is 0 Å². The van der Waals surface area contributed by atoms with E-state index >= 15 is 0 Å². The first kappa shape index (κ1) is 17.4. The Kier molecular flexibility index (Phi) is 4.51. The van der Waals surface area contributed by atoms with Gasteiger partial charge in [-0.2, -0.15) is 13.2 Å². The number of aryl methyl sites for hydroxylation is 2. The van der Waals surface area contributed by atoms with Crippen molar-refractivity contribution in [3.8, 4) is 10.4 Å². The second kappa shape index (κ2) is 6.48. The zero-order chi connectivity index (χ0) is 18.2. The average molecular weight is 366 g/mol. The molecule has 7 heteroatoms. The molecule has 2 aromatic carbocycles. The number of nitrogens with one attached hydrogen (secondary N) is 1. The lowest BCUT2D eigenvalue weighted by atomic mass is 10.1. The number of hydrogen-bond donors (Lipinski definition) is 1. The van der Waals surface area contributed by atoms with E-state index in [1.54, 1.807) is 6.07 Å². The number of thiazole rings is 1. The number of benzene rings is 2. The highest BCUT2D eigenvalue weighted by Crippen LogP contribution is 2.42. The molecular formula is C18H14F4N2S. The lowest BCUT2D eigenvalue weighted by Gasteiger charge is -2.07. The van der Waals surface area contributed by atoms with Crippen LogP contribution in [0.4, 0.5) is 28.4 Å². The van der Waals surface area contributed by atoms with E-state index in [4.69, 9.17) is 0 Å². The van der Waals surface area contributed by atoms with Crippen molar-refractivity contribution in [2.45, 2.75) is 20.0 Å². The number of nitrogens with zero attached hydrogens (tertiary/aromatic N) is 1. The van der Waals surface area contributed by atoms with E-state index in [0.717, 1.165) is 34.6 Å². The summed E-state index contributed by atoms with van der Waals surface area (Å²) in [6.07, 6.45) is -4.59. The maximum atomic E-state index is 13.3. The van der Waals surface area contributed by atoms with E-state index in [-0.39, 0.29) is 15.6 Å². The molecule has 0 aliphatic carbocycles. The molecule has 0 saturated carbocycles. The van der Waals surface area contributed by atoms with Crippen LogP contribution >= 0.6 is 11.3 Å². The maximum Gasteiger partial charge on any atom is 0.434 e. The third-order valence-electron chi connectivity index (χ3n) is 3.63. The maximum absolute atomic E-state index is 13.3. The van der Waals surface area contributed by atoms with Gasteiger partial charge in [0.1, 0.15) is 5.82 Å². The first-order valence-electron chi connectivity index (χ1n) is 7.42. The zero-order valence-electron chi connectivity index (χ0n) is 13.4. The van der Waals surface area contributed by atoms with Crippen LogP contribution in [0.2, 0.25) is 0 Å². The van der Waals surface area contributed by atoms with Gasteiger partial charge >= 0.3 is 6.18 Å². The number of rotatable bonds is 3. The average Bonchev–Trinajstić information content (AvgIpc) is 2.95. The van der Waals surface area contributed by atoms with Crippen molar-refractivity contribution in [1.82, 2.24) is 4.98 Å². The van der Waals surface area contributed by atoms with E-state index in [2.05, 4.69) is 10.3 Å². The summed E-state index contributed by atoms with van der Waals surface area (Å²) in [6.45, 7) is 3.81. The summed E-state index contributed by atoms with van der Waals surface area (Å²) >= 11 is 0.888. The van der Waals surface area contributed by atoms with Gasteiger partial charge in [-0.05, 0) is 43.2 Å². The summed E-state index contributed by atoms with van der Waals surface area (Å²) in [4.78, 5) is 3.69. The van der Waals surface area contributed by atoms with Gasteiger partial charge in [-0.1, -0.05) is 41.2 Å². The second-order valence-corrected chi connectivity index (χ2v) is 6.64. The molecule has 3 aromatic rings. The molecular weight excluding hydrogens is 352 g/mol. The molecule has 0 atom stereocenters. The molecule has 2 nitrogen and oxygen atoms in total. The fourth-order valence-corrected chi connectivity index (χ4v) is 3.43. The van der Waals surface area contributed by atoms with Crippen molar-refractivity contribution < 1.29 is 17.6 Å². The SMILES string of the molecule is Cc1ccc(Nc2nc(C(F)(F)F)c(-c3ccc(F)cc3)s2)c(C)c1. The van der Waals surface area contributed by atoms with Crippen LogP contribution in [0, 0.1) is 19.7 Å². The van der Waals surface area contributed by atoms with Crippen LogP contribution in [0.15, 0.2) is 42.5 Å². The standard InChI is InChI=1S/C18H14F4N2S/c1-10-3-8-14(11(2)9-10)23-17-24-16(18(20,21)22)15(25-17)12-4-6-13(19)7-5-12/h3-9H,1-2H3,(H,23,24). The Hall–Kier alpha value is -2.41. The van der Waals surface area contributed by atoms with Gasteiger partial charge in [-0.3, -0.25) is 0 Å². The third kappa shape index (κ3) is 3.82. The van der Waals surface area contributed by atoms with Gasteiger partial charge in [0.25, 0.3) is 0 Å². The van der Waals surface area contributed by atoms with Crippen LogP contribution in [0.1, 0.15) is 16.8 Å². The quantitative estimate of drug-likeness (QED) is 0.548. The molecule has 0 amide bonds. The van der Waals surface area contributed by atoms with Gasteiger partial charge in [0.2, 0.25) is 0 Å². The molecule has 0 fully saturated rings. The Morgan fingerprint density at radius 3 is 2.28 bits per heavy atom. The summed E-state index contributed by atoms with van der Waals surface area (Å²) < 4.78 is 53.1. The molecule has 1 aromatic heterocycles. The van der Waals surface area contributed by atoms with E-state index in [1.807, 2.05) is 26.0 Å². The Morgan fingerprint density at radius 1 is 1.00 bits per heavy atom. The van der Waals surface area contributed by atoms with Crippen LogP contribution in [-0.2, 0) is 6.18 Å². The molecule has 0 unspecified atom stereocenters. The van der Waals surface area contributed by atoms with Gasteiger partial charge < -0.3 is 5.32 Å². The number of hydrogen-bond acceptors (Lipinski definition) is 3. The Labute approximate surface area is 146 Å². The van der Waals surface area contributed by atoms with E-state index in [0.29, 0.717) is 5.69 Å². The molecule has 1 N–H and O–H groups in total. The summed E-state index contributed by atoms with van der Waals surface area (Å²) in [7, 11) is 0. The largest absolute Gasteiger partial charge is 0.434 e. The van der Waals surface area contributed by atoms with Crippen LogP contribution in [-0.4, -0.2) is 4.98 Å². The number of anilines is 2. The van der Waals surface area contributed by atoms with Crippen molar-refractivity contribution in [2.75, 3.05) is 5.32 Å². The number of alkyl halides is 3. The van der Waals surface area contributed by atoms with Crippen molar-refractivity contribution in [3.63, 3.8) is 0 Å². The van der Waals surface area contributed by atoms with Gasteiger partial charge in [0, 0.05) is 5.69 Å². The first-order valence-corrected chi connectivity index (χ1v) is 8.24. The minimum absolute atomic E-state index is 0.0419. The summed E-state index contributed by atoms with van der Waals surface area (Å²) in [5.41, 5.74) is 1.97. The number of aromatic nitrogens is 1. The van der Waals surface area contributed by atoms with Crippen molar-refractivity contribution in [1.29, 1.82) is 0 Å². The lowest BCUT2D eigenvalue weighted by molar-refractivity contribution is -0.140. The smallest absolute Gasteiger partial charge is 0.331 e. The van der Waals surface area contributed by atoms with Gasteiger partial charge in [-0.25, -0.2) is 9.37 Å². The molecule has 0 bridgehead atoms. The molecule has 3 rings (SSSR count). The summed E-state index contributed by atoms with van der Waals surface area (Å²) in [5.74, 6) is -0.504. The molecule has 0 saturated heterocycles. The monoisotopic (exact) mass is 366 g/mol. The Balaban J connectivity index is 2.03. The molecule has 130 valence electrons. The highest BCUT2D eigenvalue weighted by atomic mass is 32.1. The molecule has 25 heavy (non-hydrogen) atoms. The lowest BCUT2D eigenvalue weighted by Crippen LogP contribution is -2.07. The van der Waals surface area contributed by atoms with Gasteiger partial charge in [0.15, 0.2) is 10.8 Å². The van der Waals surface area contributed by atoms with E-state index in [9.17, 15) is 17.6 Å². The van der Waals surface area contributed by atoms with E-state index in [1.165, 1.54) is 12.1 Å². The van der Waals surface area contributed by atoms with Crippen LogP contribution < -0.4 is 5.32 Å². The normalized spacial score (nSPS) is 11.6. The van der Waals surface area contributed by atoms with Crippen molar-refractivity contribution in [3.05, 3.63) is 65.1 Å². The molecule has 0 spiro atoms. The fourth-order valence-electron chi connectivity index (χ4n) is 2.43. The molecule has 0 aliphatic rings. The summed E-state index contributed by atoms with van der Waals surface area (Å²) in [5, 5.41) is 3.08. The topological polar surface area (TPSA) is 24.9 Å². The Morgan fingerprint density at radius 2 is 1.68 bits per heavy atom. The highest BCUT2D eigenvalue weighted by Gasteiger charge is 2.38. The minimum atomic E-state index is -4.59. The highest BCUT2D eigenvalue weighted by molar-refractivity contribution is 7.19. The first-order chi connectivity index (χ1) is 11.7. The molecule has 0 radical (unpaired) electrons. The molecule has 0 aliphatic heterocycles. The van der Waals surface area contributed by atoms with Crippen molar-refractivity contribution in [2.24, 2.45) is 0 Å². The van der Waals surface area contributed by atoms with Gasteiger partial charge in [0.05, 0.1) is 4.88 Å².